The van der Waals surface area contributed by atoms with Crippen LogP contribution in [0.15, 0.2) is 30.7 Å². The summed E-state index contributed by atoms with van der Waals surface area (Å²) in [7, 11) is 0. The number of nitrogens with zero attached hydrogens (tertiary/aromatic N) is 6. The number of aromatic nitrogens is 4. The van der Waals surface area contributed by atoms with E-state index in [0.717, 1.165) is 51.6 Å². The molecule has 2 aromatic rings. The highest BCUT2D eigenvalue weighted by Crippen LogP contribution is 2.10. The number of nitrogen functional groups attached to an aromatic ring is 1. The molecular formula is C14H21N7. The minimum absolute atomic E-state index is 0.589. The Morgan fingerprint density at radius 2 is 1.81 bits per heavy atom. The Morgan fingerprint density at radius 1 is 1.05 bits per heavy atom. The molecule has 1 fully saturated rings. The first-order valence-electron chi connectivity index (χ1n) is 7.34. The monoisotopic (exact) mass is 287 g/mol. The molecule has 7 heteroatoms. The lowest BCUT2D eigenvalue weighted by molar-refractivity contribution is 0.248. The lowest BCUT2D eigenvalue weighted by atomic mass is 10.3. The summed E-state index contributed by atoms with van der Waals surface area (Å²) in [4.78, 5) is 13.3. The van der Waals surface area contributed by atoms with Crippen molar-refractivity contribution in [2.24, 2.45) is 0 Å². The number of nitrogens with two attached hydrogens (primary N) is 1. The second-order valence-electron chi connectivity index (χ2n) is 5.23. The van der Waals surface area contributed by atoms with Gasteiger partial charge < -0.3 is 10.6 Å². The molecule has 7 nitrogen and oxygen atoms in total. The van der Waals surface area contributed by atoms with Crippen molar-refractivity contribution < 1.29 is 0 Å². The van der Waals surface area contributed by atoms with E-state index in [9.17, 15) is 0 Å². The fraction of sp³-hybridized carbons (Fsp3) is 0.500. The van der Waals surface area contributed by atoms with E-state index in [1.807, 2.05) is 23.0 Å². The molecule has 0 radical (unpaired) electrons. The molecule has 0 unspecified atom stereocenters. The molecule has 3 rings (SSSR count). The van der Waals surface area contributed by atoms with Crippen molar-refractivity contribution >= 4 is 11.8 Å². The van der Waals surface area contributed by atoms with Gasteiger partial charge in [-0.25, -0.2) is 9.97 Å². The van der Waals surface area contributed by atoms with Crippen LogP contribution in [0.4, 0.5) is 11.8 Å². The molecule has 0 saturated carbocycles. The first-order chi connectivity index (χ1) is 10.3. The molecule has 1 aliphatic heterocycles. The van der Waals surface area contributed by atoms with E-state index in [-0.39, 0.29) is 0 Å². The minimum Gasteiger partial charge on any atom is -0.382 e. The Labute approximate surface area is 124 Å². The molecule has 3 heterocycles. The Kier molecular flexibility index (Phi) is 4.30. The van der Waals surface area contributed by atoms with Crippen molar-refractivity contribution in [1.29, 1.82) is 0 Å². The molecule has 1 saturated heterocycles. The normalized spacial score (nSPS) is 16.3. The van der Waals surface area contributed by atoms with E-state index in [1.165, 1.54) is 0 Å². The highest BCUT2D eigenvalue weighted by atomic mass is 15.3. The Balaban J connectivity index is 1.40. The van der Waals surface area contributed by atoms with E-state index in [2.05, 4.69) is 24.9 Å². The molecule has 2 N–H and O–H groups in total. The zero-order chi connectivity index (χ0) is 14.5. The summed E-state index contributed by atoms with van der Waals surface area (Å²) in [5.41, 5.74) is 5.60. The van der Waals surface area contributed by atoms with Crippen LogP contribution in [0.2, 0.25) is 0 Å². The maximum atomic E-state index is 5.60. The molecule has 0 aromatic carbocycles. The van der Waals surface area contributed by atoms with Gasteiger partial charge in [-0.2, -0.15) is 5.10 Å². The summed E-state index contributed by atoms with van der Waals surface area (Å²) in [6, 6.07) is 3.68. The van der Waals surface area contributed by atoms with Crippen molar-refractivity contribution in [1.82, 2.24) is 24.6 Å². The predicted octanol–water partition coefficient (Wildman–Crippen LogP) is 0.468. The number of rotatable bonds is 5. The van der Waals surface area contributed by atoms with Crippen molar-refractivity contribution in [2.45, 2.75) is 13.0 Å². The average molecular weight is 287 g/mol. The van der Waals surface area contributed by atoms with Gasteiger partial charge in [-0.3, -0.25) is 9.58 Å². The van der Waals surface area contributed by atoms with Crippen LogP contribution in [0.5, 0.6) is 0 Å². The van der Waals surface area contributed by atoms with E-state index in [1.54, 1.807) is 12.4 Å². The second kappa shape index (κ2) is 6.53. The van der Waals surface area contributed by atoms with Crippen LogP contribution in [0, 0.1) is 0 Å². The lowest BCUT2D eigenvalue weighted by Crippen LogP contribution is -2.47. The summed E-state index contributed by atoms with van der Waals surface area (Å²) in [5, 5.41) is 4.20. The Morgan fingerprint density at radius 3 is 2.48 bits per heavy atom. The van der Waals surface area contributed by atoms with Gasteiger partial charge in [0.15, 0.2) is 0 Å². The van der Waals surface area contributed by atoms with Gasteiger partial charge in [-0.1, -0.05) is 0 Å². The summed E-state index contributed by atoms with van der Waals surface area (Å²) in [6.45, 7) is 6.08. The van der Waals surface area contributed by atoms with Crippen LogP contribution in [0.1, 0.15) is 6.42 Å². The number of aryl methyl sites for hydroxylation is 1. The van der Waals surface area contributed by atoms with E-state index >= 15 is 0 Å². The summed E-state index contributed by atoms with van der Waals surface area (Å²) in [6.07, 6.45) is 6.61. The van der Waals surface area contributed by atoms with Gasteiger partial charge in [0, 0.05) is 57.9 Å². The predicted molar refractivity (Wildman–Crippen MR) is 81.9 cm³/mol. The quantitative estimate of drug-likeness (QED) is 0.861. The maximum absolute atomic E-state index is 5.60. The Bertz CT molecular complexity index is 545. The van der Waals surface area contributed by atoms with Crippen molar-refractivity contribution in [2.75, 3.05) is 43.4 Å². The standard InChI is InChI=1S/C14H21N7/c15-13-3-8-21(18-13)7-2-6-19-9-11-20(12-10-19)14-16-4-1-5-17-14/h1,3-5,8H,2,6-7,9-12H2,(H2,15,18). The van der Waals surface area contributed by atoms with Crippen LogP contribution in [-0.4, -0.2) is 57.4 Å². The maximum Gasteiger partial charge on any atom is 0.225 e. The first kappa shape index (κ1) is 13.8. The van der Waals surface area contributed by atoms with Crippen LogP contribution in [0.3, 0.4) is 0 Å². The molecule has 112 valence electrons. The number of hydrogen-bond donors (Lipinski definition) is 1. The second-order valence-corrected chi connectivity index (χ2v) is 5.23. The van der Waals surface area contributed by atoms with Crippen LogP contribution in [0.25, 0.3) is 0 Å². The molecule has 0 bridgehead atoms. The molecule has 2 aromatic heterocycles. The lowest BCUT2D eigenvalue weighted by Gasteiger charge is -2.34. The molecule has 0 spiro atoms. The number of piperazine rings is 1. The van der Waals surface area contributed by atoms with Gasteiger partial charge in [-0.05, 0) is 18.6 Å². The minimum atomic E-state index is 0.589. The Hall–Kier alpha value is -2.15. The largest absolute Gasteiger partial charge is 0.382 e. The zero-order valence-corrected chi connectivity index (χ0v) is 12.1. The van der Waals surface area contributed by atoms with E-state index in [0.29, 0.717) is 5.82 Å². The summed E-state index contributed by atoms with van der Waals surface area (Å²) >= 11 is 0. The average Bonchev–Trinajstić information content (AvgIpc) is 2.94. The topological polar surface area (TPSA) is 76.1 Å². The number of anilines is 2. The van der Waals surface area contributed by atoms with Crippen LogP contribution >= 0.6 is 0 Å². The highest BCUT2D eigenvalue weighted by molar-refractivity contribution is 5.29. The summed E-state index contributed by atoms with van der Waals surface area (Å²) < 4.78 is 1.91. The van der Waals surface area contributed by atoms with Gasteiger partial charge in [-0.15, -0.1) is 0 Å². The first-order valence-corrected chi connectivity index (χ1v) is 7.34. The van der Waals surface area contributed by atoms with Gasteiger partial charge in [0.1, 0.15) is 5.82 Å². The van der Waals surface area contributed by atoms with Gasteiger partial charge in [0.2, 0.25) is 5.95 Å². The SMILES string of the molecule is Nc1ccn(CCCN2CCN(c3ncccn3)CC2)n1. The number of hydrogen-bond acceptors (Lipinski definition) is 6. The van der Waals surface area contributed by atoms with Crippen molar-refractivity contribution in [3.63, 3.8) is 0 Å². The molecule has 0 amide bonds. The molecule has 1 aliphatic rings. The molecule has 0 atom stereocenters. The summed E-state index contributed by atoms with van der Waals surface area (Å²) in [5.74, 6) is 1.43. The van der Waals surface area contributed by atoms with Gasteiger partial charge in [0.25, 0.3) is 0 Å². The third-order valence-corrected chi connectivity index (χ3v) is 3.73. The highest BCUT2D eigenvalue weighted by Gasteiger charge is 2.18. The molecule has 0 aliphatic carbocycles. The zero-order valence-electron chi connectivity index (χ0n) is 12.1. The third kappa shape index (κ3) is 3.69. The smallest absolute Gasteiger partial charge is 0.225 e. The molecule has 21 heavy (non-hydrogen) atoms. The van der Waals surface area contributed by atoms with Crippen molar-refractivity contribution in [3.05, 3.63) is 30.7 Å². The van der Waals surface area contributed by atoms with Crippen molar-refractivity contribution in [3.8, 4) is 0 Å². The fourth-order valence-corrected chi connectivity index (χ4v) is 2.58. The van der Waals surface area contributed by atoms with E-state index < -0.39 is 0 Å². The van der Waals surface area contributed by atoms with Crippen LogP contribution < -0.4 is 10.6 Å². The van der Waals surface area contributed by atoms with Gasteiger partial charge >= 0.3 is 0 Å². The van der Waals surface area contributed by atoms with Gasteiger partial charge in [0.05, 0.1) is 0 Å². The fourth-order valence-electron chi connectivity index (χ4n) is 2.58. The van der Waals surface area contributed by atoms with Crippen LogP contribution in [-0.2, 0) is 6.54 Å². The third-order valence-electron chi connectivity index (χ3n) is 3.73. The molecular weight excluding hydrogens is 266 g/mol. The van der Waals surface area contributed by atoms with E-state index in [4.69, 9.17) is 5.73 Å².